The lowest BCUT2D eigenvalue weighted by Crippen LogP contribution is -2.42. The third-order valence-electron chi connectivity index (χ3n) is 3.39. The summed E-state index contributed by atoms with van der Waals surface area (Å²) < 4.78 is 0. The number of aliphatic carboxylic acids is 1. The summed E-state index contributed by atoms with van der Waals surface area (Å²) in [4.78, 5) is 22.9. The van der Waals surface area contributed by atoms with E-state index in [1.54, 1.807) is 0 Å². The van der Waals surface area contributed by atoms with Crippen LogP contribution in [0, 0.1) is 5.92 Å². The molecule has 2 rings (SSSR count). The average molecular weight is 261 g/mol. The van der Waals surface area contributed by atoms with Crippen molar-refractivity contribution in [3.05, 3.63) is 35.9 Å². The highest BCUT2D eigenvalue weighted by molar-refractivity contribution is 5.83. The predicted molar refractivity (Wildman–Crippen MR) is 71.7 cm³/mol. The van der Waals surface area contributed by atoms with Crippen molar-refractivity contribution in [3.63, 3.8) is 0 Å². The van der Waals surface area contributed by atoms with Crippen molar-refractivity contribution in [1.29, 1.82) is 0 Å². The number of amides is 1. The van der Waals surface area contributed by atoms with Crippen molar-refractivity contribution < 1.29 is 14.7 Å². The molecule has 1 saturated carbocycles. The van der Waals surface area contributed by atoms with Crippen molar-refractivity contribution >= 4 is 11.9 Å². The van der Waals surface area contributed by atoms with E-state index in [-0.39, 0.29) is 5.91 Å². The molecule has 19 heavy (non-hydrogen) atoms. The minimum atomic E-state index is -0.983. The van der Waals surface area contributed by atoms with Crippen molar-refractivity contribution in [2.75, 3.05) is 0 Å². The lowest BCUT2D eigenvalue weighted by molar-refractivity contribution is -0.141. The topological polar surface area (TPSA) is 66.4 Å². The first-order chi connectivity index (χ1) is 9.15. The van der Waals surface area contributed by atoms with Gasteiger partial charge in [0.05, 0.1) is 0 Å². The van der Waals surface area contributed by atoms with Gasteiger partial charge < -0.3 is 10.4 Å². The highest BCUT2D eigenvalue weighted by atomic mass is 16.4. The number of hydrogen-bond donors (Lipinski definition) is 2. The zero-order valence-corrected chi connectivity index (χ0v) is 10.8. The molecule has 0 aliphatic heterocycles. The van der Waals surface area contributed by atoms with Gasteiger partial charge in [-0.05, 0) is 17.9 Å². The Morgan fingerprint density at radius 2 is 1.95 bits per heavy atom. The number of carboxylic acids is 1. The fourth-order valence-corrected chi connectivity index (χ4v) is 2.06. The van der Waals surface area contributed by atoms with E-state index >= 15 is 0 Å². The molecule has 1 aliphatic rings. The number of carbonyl (C=O) groups is 2. The van der Waals surface area contributed by atoms with Crippen LogP contribution in [-0.4, -0.2) is 23.0 Å². The second kappa shape index (κ2) is 6.36. The Balaban J connectivity index is 1.84. The Morgan fingerprint density at radius 3 is 2.53 bits per heavy atom. The lowest BCUT2D eigenvalue weighted by atomic mass is 10.1. The summed E-state index contributed by atoms with van der Waals surface area (Å²) in [6.45, 7) is 0. The minimum Gasteiger partial charge on any atom is -0.480 e. The van der Waals surface area contributed by atoms with Crippen molar-refractivity contribution in [2.24, 2.45) is 5.92 Å². The van der Waals surface area contributed by atoms with Crippen LogP contribution in [0.4, 0.5) is 0 Å². The Hall–Kier alpha value is -1.84. The molecule has 0 heterocycles. The lowest BCUT2D eigenvalue weighted by Gasteiger charge is -2.14. The molecule has 1 amide bonds. The molecule has 0 radical (unpaired) electrons. The first-order valence-corrected chi connectivity index (χ1v) is 6.71. The first kappa shape index (κ1) is 13.6. The third kappa shape index (κ3) is 4.73. The van der Waals surface area contributed by atoms with Gasteiger partial charge in [-0.2, -0.15) is 0 Å². The molecule has 4 heteroatoms. The molecule has 102 valence electrons. The number of nitrogens with one attached hydrogen (secondary N) is 1. The maximum atomic E-state index is 11.7. The summed E-state index contributed by atoms with van der Waals surface area (Å²) in [5.74, 6) is -0.456. The van der Waals surface area contributed by atoms with Gasteiger partial charge in [0, 0.05) is 12.8 Å². The maximum Gasteiger partial charge on any atom is 0.326 e. The van der Waals surface area contributed by atoms with E-state index in [2.05, 4.69) is 5.32 Å². The van der Waals surface area contributed by atoms with E-state index in [1.807, 2.05) is 30.3 Å². The summed E-state index contributed by atoms with van der Waals surface area (Å²) in [6.07, 6.45) is 4.05. The number of carbonyl (C=O) groups excluding carboxylic acids is 1. The smallest absolute Gasteiger partial charge is 0.326 e. The second-order valence-electron chi connectivity index (χ2n) is 5.13. The van der Waals surface area contributed by atoms with Gasteiger partial charge in [-0.25, -0.2) is 4.79 Å². The van der Waals surface area contributed by atoms with Gasteiger partial charge in [0.1, 0.15) is 6.04 Å². The van der Waals surface area contributed by atoms with Crippen molar-refractivity contribution in [3.8, 4) is 0 Å². The molecule has 1 aliphatic carbocycles. The number of rotatable bonds is 7. The molecule has 0 spiro atoms. The molecular formula is C15H19NO3. The zero-order valence-electron chi connectivity index (χ0n) is 10.8. The molecule has 1 atom stereocenters. The Kier molecular flexibility index (Phi) is 4.55. The molecule has 1 aromatic rings. The highest BCUT2D eigenvalue weighted by Crippen LogP contribution is 2.33. The predicted octanol–water partition coefficient (Wildman–Crippen LogP) is 1.99. The summed E-state index contributed by atoms with van der Waals surface area (Å²) >= 11 is 0. The Morgan fingerprint density at radius 1 is 1.26 bits per heavy atom. The summed E-state index contributed by atoms with van der Waals surface area (Å²) in [7, 11) is 0. The largest absolute Gasteiger partial charge is 0.480 e. The van der Waals surface area contributed by atoms with Crippen LogP contribution in [0.25, 0.3) is 0 Å². The standard InChI is InChI=1S/C15H19NO3/c17-14(9-8-11-6-7-11)16-13(15(18)19)10-12-4-2-1-3-5-12/h1-5,11,13H,6-10H2,(H,16,17)(H,18,19)/t13-/m0/s1. The quantitative estimate of drug-likeness (QED) is 0.788. The molecule has 4 nitrogen and oxygen atoms in total. The number of hydrogen-bond acceptors (Lipinski definition) is 2. The molecule has 0 saturated heterocycles. The molecule has 1 aromatic carbocycles. The van der Waals surface area contributed by atoms with Crippen LogP contribution in [0.2, 0.25) is 0 Å². The van der Waals surface area contributed by atoms with E-state index in [9.17, 15) is 9.59 Å². The van der Waals surface area contributed by atoms with Gasteiger partial charge in [0.2, 0.25) is 5.91 Å². The van der Waals surface area contributed by atoms with Crippen LogP contribution in [0.5, 0.6) is 0 Å². The zero-order chi connectivity index (χ0) is 13.7. The van der Waals surface area contributed by atoms with Gasteiger partial charge >= 0.3 is 5.97 Å². The Bertz CT molecular complexity index is 440. The summed E-state index contributed by atoms with van der Waals surface area (Å²) in [5.41, 5.74) is 0.914. The fourth-order valence-electron chi connectivity index (χ4n) is 2.06. The highest BCUT2D eigenvalue weighted by Gasteiger charge is 2.24. The van der Waals surface area contributed by atoms with Crippen LogP contribution >= 0.6 is 0 Å². The summed E-state index contributed by atoms with van der Waals surface area (Å²) in [6, 6.07) is 8.51. The van der Waals surface area contributed by atoms with E-state index in [1.165, 1.54) is 12.8 Å². The van der Waals surface area contributed by atoms with Crippen LogP contribution in [0.3, 0.4) is 0 Å². The van der Waals surface area contributed by atoms with E-state index in [0.717, 1.165) is 12.0 Å². The van der Waals surface area contributed by atoms with Crippen LogP contribution in [0.1, 0.15) is 31.2 Å². The number of carboxylic acid groups (broad SMARTS) is 1. The first-order valence-electron chi connectivity index (χ1n) is 6.71. The molecule has 1 fully saturated rings. The van der Waals surface area contributed by atoms with Crippen LogP contribution in [0.15, 0.2) is 30.3 Å². The van der Waals surface area contributed by atoms with Gasteiger partial charge in [-0.15, -0.1) is 0 Å². The normalized spacial score (nSPS) is 15.8. The van der Waals surface area contributed by atoms with Gasteiger partial charge in [-0.3, -0.25) is 4.79 Å². The van der Waals surface area contributed by atoms with Crippen LogP contribution < -0.4 is 5.32 Å². The van der Waals surface area contributed by atoms with Gasteiger partial charge in [0.25, 0.3) is 0 Å². The average Bonchev–Trinajstić information content (AvgIpc) is 3.21. The number of benzene rings is 1. The molecule has 2 N–H and O–H groups in total. The minimum absolute atomic E-state index is 0.157. The SMILES string of the molecule is O=C(CCC1CC1)N[C@@H](Cc1ccccc1)C(=O)O. The van der Waals surface area contributed by atoms with E-state index < -0.39 is 12.0 Å². The van der Waals surface area contributed by atoms with Crippen molar-refractivity contribution in [2.45, 2.75) is 38.1 Å². The van der Waals surface area contributed by atoms with E-state index in [0.29, 0.717) is 18.8 Å². The van der Waals surface area contributed by atoms with Crippen molar-refractivity contribution in [1.82, 2.24) is 5.32 Å². The van der Waals surface area contributed by atoms with E-state index in [4.69, 9.17) is 5.11 Å². The van der Waals surface area contributed by atoms with Gasteiger partial charge in [-0.1, -0.05) is 43.2 Å². The maximum absolute atomic E-state index is 11.7. The fraction of sp³-hybridized carbons (Fsp3) is 0.467. The molecule has 0 aromatic heterocycles. The molecule has 0 bridgehead atoms. The monoisotopic (exact) mass is 261 g/mol. The molecule has 0 unspecified atom stereocenters. The third-order valence-corrected chi connectivity index (χ3v) is 3.39. The van der Waals surface area contributed by atoms with Gasteiger partial charge in [0.15, 0.2) is 0 Å². The van der Waals surface area contributed by atoms with Crippen LogP contribution in [-0.2, 0) is 16.0 Å². The summed E-state index contributed by atoms with van der Waals surface area (Å²) in [5, 5.41) is 11.8. The Labute approximate surface area is 112 Å². The molecular weight excluding hydrogens is 242 g/mol. The second-order valence-corrected chi connectivity index (χ2v) is 5.13.